The predicted molar refractivity (Wildman–Crippen MR) is 69.6 cm³/mol. The van der Waals surface area contributed by atoms with Crippen LogP contribution in [0.5, 0.6) is 0 Å². The number of sulfonamides is 1. The molecule has 0 aliphatic rings. The monoisotopic (exact) mass is 284 g/mol. The number of para-hydroxylation sites is 1. The van der Waals surface area contributed by atoms with Gasteiger partial charge in [0.1, 0.15) is 10.7 Å². The third-order valence-corrected chi connectivity index (χ3v) is 3.94. The Bertz CT molecular complexity index is 704. The second-order valence-electron chi connectivity index (χ2n) is 4.09. The maximum Gasteiger partial charge on any atom is 0.267 e. The van der Waals surface area contributed by atoms with Crippen molar-refractivity contribution < 1.29 is 12.8 Å². The van der Waals surface area contributed by atoms with E-state index in [2.05, 4.69) is 9.82 Å². The van der Waals surface area contributed by atoms with Crippen molar-refractivity contribution in [3.05, 3.63) is 35.8 Å². The molecule has 19 heavy (non-hydrogen) atoms. The average molecular weight is 284 g/mol. The molecule has 0 bridgehead atoms. The van der Waals surface area contributed by atoms with Crippen LogP contribution in [0.2, 0.25) is 0 Å². The molecular weight excluding hydrogens is 271 g/mol. The minimum Gasteiger partial charge on any atom is -0.381 e. The fraction of sp³-hybridized carbons (Fsp3) is 0.182. The van der Waals surface area contributed by atoms with Crippen molar-refractivity contribution in [3.63, 3.8) is 0 Å². The maximum absolute atomic E-state index is 13.6. The lowest BCUT2D eigenvalue weighted by Gasteiger charge is -2.10. The zero-order valence-electron chi connectivity index (χ0n) is 10.4. The van der Waals surface area contributed by atoms with E-state index in [1.807, 2.05) is 0 Å². The lowest BCUT2D eigenvalue weighted by atomic mass is 10.2. The number of hydrogen-bond acceptors (Lipinski definition) is 4. The maximum atomic E-state index is 13.6. The van der Waals surface area contributed by atoms with Crippen LogP contribution in [0.4, 0.5) is 15.9 Å². The second-order valence-corrected chi connectivity index (χ2v) is 5.74. The first-order valence-electron chi connectivity index (χ1n) is 5.38. The van der Waals surface area contributed by atoms with Gasteiger partial charge in [-0.15, -0.1) is 0 Å². The summed E-state index contributed by atoms with van der Waals surface area (Å²) < 4.78 is 41.3. The number of nitrogens with two attached hydrogens (primary N) is 1. The number of aryl methyl sites for hydroxylation is 2. The molecule has 0 saturated heterocycles. The van der Waals surface area contributed by atoms with Crippen molar-refractivity contribution in [1.82, 2.24) is 9.78 Å². The van der Waals surface area contributed by atoms with Gasteiger partial charge in [0.05, 0.1) is 5.69 Å². The lowest BCUT2D eigenvalue weighted by molar-refractivity contribution is 0.598. The number of nitrogens with one attached hydrogen (secondary N) is 1. The molecule has 0 radical (unpaired) electrons. The molecule has 6 nitrogen and oxygen atoms in total. The van der Waals surface area contributed by atoms with Crippen molar-refractivity contribution in [3.8, 4) is 0 Å². The van der Waals surface area contributed by atoms with Gasteiger partial charge in [-0.3, -0.25) is 9.40 Å². The van der Waals surface area contributed by atoms with E-state index in [1.54, 1.807) is 20.0 Å². The fourth-order valence-electron chi connectivity index (χ4n) is 1.64. The molecule has 0 aliphatic carbocycles. The number of rotatable bonds is 3. The zero-order chi connectivity index (χ0) is 14.2. The third kappa shape index (κ3) is 2.53. The smallest absolute Gasteiger partial charge is 0.267 e. The molecule has 102 valence electrons. The van der Waals surface area contributed by atoms with Crippen LogP contribution in [0.15, 0.2) is 29.3 Å². The number of hydrogen-bond donors (Lipinski definition) is 2. The van der Waals surface area contributed by atoms with E-state index in [0.29, 0.717) is 5.56 Å². The van der Waals surface area contributed by atoms with E-state index in [1.165, 1.54) is 23.0 Å². The standard InChI is InChI=1S/C11H13FN4O2S/c1-7-4-3-5-8(12)10(7)15-19(17,18)9-6-16(2)14-11(9)13/h3-6,15H,1-2H3,(H2,13,14). The minimum atomic E-state index is -3.97. The highest BCUT2D eigenvalue weighted by molar-refractivity contribution is 7.92. The number of benzene rings is 1. The van der Waals surface area contributed by atoms with E-state index in [0.717, 1.165) is 0 Å². The Kier molecular flexibility index (Phi) is 3.19. The van der Waals surface area contributed by atoms with Crippen LogP contribution < -0.4 is 10.5 Å². The molecule has 2 rings (SSSR count). The van der Waals surface area contributed by atoms with Crippen molar-refractivity contribution in [2.24, 2.45) is 7.05 Å². The van der Waals surface area contributed by atoms with Gasteiger partial charge in [-0.2, -0.15) is 5.10 Å². The van der Waals surface area contributed by atoms with E-state index >= 15 is 0 Å². The molecular formula is C11H13FN4O2S. The van der Waals surface area contributed by atoms with Gasteiger partial charge in [-0.25, -0.2) is 12.8 Å². The summed E-state index contributed by atoms with van der Waals surface area (Å²) in [5.74, 6) is -0.782. The van der Waals surface area contributed by atoms with Crippen LogP contribution in [-0.2, 0) is 17.1 Å². The van der Waals surface area contributed by atoms with Gasteiger partial charge in [0.25, 0.3) is 10.0 Å². The number of nitrogen functional groups attached to an aromatic ring is 1. The normalized spacial score (nSPS) is 11.5. The summed E-state index contributed by atoms with van der Waals surface area (Å²) in [5, 5.41) is 3.75. The van der Waals surface area contributed by atoms with Gasteiger partial charge in [0.2, 0.25) is 0 Å². The van der Waals surface area contributed by atoms with E-state index in [4.69, 9.17) is 5.73 Å². The highest BCUT2D eigenvalue weighted by Crippen LogP contribution is 2.24. The Hall–Kier alpha value is -2.09. The third-order valence-electron chi connectivity index (χ3n) is 2.57. The summed E-state index contributed by atoms with van der Waals surface area (Å²) in [6.45, 7) is 1.60. The van der Waals surface area contributed by atoms with E-state index in [9.17, 15) is 12.8 Å². The Morgan fingerprint density at radius 1 is 1.42 bits per heavy atom. The van der Waals surface area contributed by atoms with Crippen LogP contribution in [-0.4, -0.2) is 18.2 Å². The molecule has 0 amide bonds. The Morgan fingerprint density at radius 2 is 2.11 bits per heavy atom. The van der Waals surface area contributed by atoms with E-state index in [-0.39, 0.29) is 16.4 Å². The molecule has 0 aliphatic heterocycles. The van der Waals surface area contributed by atoms with Gasteiger partial charge in [0, 0.05) is 13.2 Å². The lowest BCUT2D eigenvalue weighted by Crippen LogP contribution is -2.15. The highest BCUT2D eigenvalue weighted by atomic mass is 32.2. The quantitative estimate of drug-likeness (QED) is 0.887. The van der Waals surface area contributed by atoms with Crippen LogP contribution in [0.1, 0.15) is 5.56 Å². The molecule has 1 aromatic carbocycles. The summed E-state index contributed by atoms with van der Waals surface area (Å²) in [4.78, 5) is -0.183. The summed E-state index contributed by atoms with van der Waals surface area (Å²) in [5.41, 5.74) is 5.90. The largest absolute Gasteiger partial charge is 0.381 e. The number of nitrogens with zero attached hydrogens (tertiary/aromatic N) is 2. The summed E-state index contributed by atoms with van der Waals surface area (Å²) in [7, 11) is -2.42. The van der Waals surface area contributed by atoms with Crippen molar-refractivity contribution in [2.45, 2.75) is 11.8 Å². The Morgan fingerprint density at radius 3 is 2.63 bits per heavy atom. The van der Waals surface area contributed by atoms with Crippen molar-refractivity contribution >= 4 is 21.5 Å². The van der Waals surface area contributed by atoms with Crippen LogP contribution in [0.3, 0.4) is 0 Å². The molecule has 1 aromatic heterocycles. The van der Waals surface area contributed by atoms with Crippen LogP contribution >= 0.6 is 0 Å². The topological polar surface area (TPSA) is 90.0 Å². The molecule has 0 atom stereocenters. The van der Waals surface area contributed by atoms with Gasteiger partial charge < -0.3 is 5.73 Å². The molecule has 0 fully saturated rings. The molecule has 0 saturated carbocycles. The highest BCUT2D eigenvalue weighted by Gasteiger charge is 2.22. The molecule has 2 aromatic rings. The number of aromatic nitrogens is 2. The van der Waals surface area contributed by atoms with Gasteiger partial charge >= 0.3 is 0 Å². The average Bonchev–Trinajstić information content (AvgIpc) is 2.64. The second kappa shape index (κ2) is 4.54. The molecule has 0 spiro atoms. The van der Waals surface area contributed by atoms with Gasteiger partial charge in [0.15, 0.2) is 5.82 Å². The Labute approximate surface area is 110 Å². The first-order valence-corrected chi connectivity index (χ1v) is 6.86. The molecule has 8 heteroatoms. The summed E-state index contributed by atoms with van der Waals surface area (Å²) in [6, 6.07) is 4.28. The van der Waals surface area contributed by atoms with Crippen LogP contribution in [0.25, 0.3) is 0 Å². The van der Waals surface area contributed by atoms with Crippen LogP contribution in [0, 0.1) is 12.7 Å². The fourth-order valence-corrected chi connectivity index (χ4v) is 2.89. The van der Waals surface area contributed by atoms with E-state index < -0.39 is 15.8 Å². The Balaban J connectivity index is 2.45. The van der Waals surface area contributed by atoms with Crippen molar-refractivity contribution in [2.75, 3.05) is 10.5 Å². The number of anilines is 2. The summed E-state index contributed by atoms with van der Waals surface area (Å²) >= 11 is 0. The zero-order valence-corrected chi connectivity index (χ0v) is 11.2. The SMILES string of the molecule is Cc1cccc(F)c1NS(=O)(=O)c1cn(C)nc1N. The first-order chi connectivity index (χ1) is 8.81. The predicted octanol–water partition coefficient (Wildman–Crippen LogP) is 1.25. The number of halogens is 1. The van der Waals surface area contributed by atoms with Gasteiger partial charge in [-0.1, -0.05) is 12.1 Å². The minimum absolute atomic E-state index is 0.0919. The summed E-state index contributed by atoms with van der Waals surface area (Å²) in [6.07, 6.45) is 1.26. The molecule has 0 unspecified atom stereocenters. The first kappa shape index (κ1) is 13.3. The van der Waals surface area contributed by atoms with Crippen molar-refractivity contribution in [1.29, 1.82) is 0 Å². The molecule has 1 heterocycles. The van der Waals surface area contributed by atoms with Gasteiger partial charge in [-0.05, 0) is 18.6 Å². The molecule has 3 N–H and O–H groups in total.